The minimum absolute atomic E-state index is 0.0772. The van der Waals surface area contributed by atoms with Gasteiger partial charge in [0, 0.05) is 5.56 Å². The smallest absolute Gasteiger partial charge is 0.323 e. The first kappa shape index (κ1) is 15.9. The van der Waals surface area contributed by atoms with Crippen LogP contribution in [0.4, 0.5) is 0 Å². The van der Waals surface area contributed by atoms with E-state index in [0.29, 0.717) is 11.3 Å². The van der Waals surface area contributed by atoms with Crippen LogP contribution in [0, 0.1) is 0 Å². The summed E-state index contributed by atoms with van der Waals surface area (Å²) in [6.45, 7) is -0.475. The predicted octanol–water partition coefficient (Wildman–Crippen LogP) is 1.99. The third-order valence-electron chi connectivity index (χ3n) is 3.65. The number of nitrogens with zero attached hydrogens (tertiary/aromatic N) is 1. The van der Waals surface area contributed by atoms with Gasteiger partial charge in [0.15, 0.2) is 5.11 Å². The summed E-state index contributed by atoms with van der Waals surface area (Å²) in [5.74, 6) is -0.993. The lowest BCUT2D eigenvalue weighted by Gasteiger charge is -2.09. The fourth-order valence-electron chi connectivity index (χ4n) is 2.53. The van der Waals surface area contributed by atoms with E-state index in [1.807, 2.05) is 36.4 Å². The molecule has 1 aliphatic rings. The molecule has 2 aromatic rings. The summed E-state index contributed by atoms with van der Waals surface area (Å²) in [4.78, 5) is 24.2. The molecule has 122 valence electrons. The number of fused-ring (bicyclic) bond motifs is 1. The normalized spacial score (nSPS) is 15.9. The third kappa shape index (κ3) is 2.93. The first-order valence-corrected chi connectivity index (χ1v) is 7.53. The summed E-state index contributed by atoms with van der Waals surface area (Å²) in [5, 5.41) is 13.7. The van der Waals surface area contributed by atoms with Gasteiger partial charge in [-0.3, -0.25) is 14.5 Å². The van der Waals surface area contributed by atoms with Crippen molar-refractivity contribution >= 4 is 46.1 Å². The second-order valence-electron chi connectivity index (χ2n) is 5.21. The number of ether oxygens (including phenoxy) is 1. The number of methoxy groups -OCH3 is 1. The molecule has 0 spiro atoms. The van der Waals surface area contributed by atoms with Crippen molar-refractivity contribution in [3.63, 3.8) is 0 Å². The predicted molar refractivity (Wildman–Crippen MR) is 93.6 cm³/mol. The van der Waals surface area contributed by atoms with E-state index >= 15 is 0 Å². The average Bonchev–Trinajstić information content (AvgIpc) is 2.81. The first-order chi connectivity index (χ1) is 11.5. The Balaban J connectivity index is 2.02. The van der Waals surface area contributed by atoms with Gasteiger partial charge < -0.3 is 15.2 Å². The summed E-state index contributed by atoms with van der Waals surface area (Å²) in [7, 11) is 1.55. The van der Waals surface area contributed by atoms with E-state index in [2.05, 4.69) is 5.32 Å². The highest BCUT2D eigenvalue weighted by atomic mass is 32.1. The highest BCUT2D eigenvalue weighted by Gasteiger charge is 2.32. The van der Waals surface area contributed by atoms with E-state index < -0.39 is 18.4 Å². The molecule has 0 aromatic heterocycles. The zero-order valence-electron chi connectivity index (χ0n) is 12.8. The lowest BCUT2D eigenvalue weighted by Crippen LogP contribution is -2.35. The number of aliphatic carboxylic acids is 1. The second-order valence-corrected chi connectivity index (χ2v) is 5.60. The van der Waals surface area contributed by atoms with Crippen molar-refractivity contribution in [2.45, 2.75) is 0 Å². The number of hydrogen-bond acceptors (Lipinski definition) is 4. The number of rotatable bonds is 4. The molecular weight excluding hydrogens is 328 g/mol. The molecule has 0 atom stereocenters. The minimum atomic E-state index is -1.13. The molecule has 2 N–H and O–H groups in total. The topological polar surface area (TPSA) is 78.9 Å². The van der Waals surface area contributed by atoms with Crippen molar-refractivity contribution in [1.82, 2.24) is 10.2 Å². The van der Waals surface area contributed by atoms with Crippen LogP contribution in [0.3, 0.4) is 0 Å². The Morgan fingerprint density at radius 3 is 2.62 bits per heavy atom. The molecule has 1 saturated heterocycles. The molecule has 1 aliphatic heterocycles. The number of hydrogen-bond donors (Lipinski definition) is 2. The molecule has 1 heterocycles. The number of carboxylic acids is 1. The molecule has 0 bridgehead atoms. The van der Waals surface area contributed by atoms with Crippen LogP contribution in [0.1, 0.15) is 5.56 Å². The first-order valence-electron chi connectivity index (χ1n) is 7.12. The van der Waals surface area contributed by atoms with Crippen LogP contribution in [0.25, 0.3) is 16.8 Å². The Morgan fingerprint density at radius 1 is 1.33 bits per heavy atom. The molecular formula is C17H14N2O4S. The fraction of sp³-hybridized carbons (Fsp3) is 0.118. The van der Waals surface area contributed by atoms with E-state index in [4.69, 9.17) is 22.1 Å². The molecule has 0 radical (unpaired) electrons. The molecule has 24 heavy (non-hydrogen) atoms. The standard InChI is InChI=1S/C17H14N2O4S/c1-23-14-8-11-5-3-2-4-10(11)6-12(14)7-13-16(22)19(9-15(20)21)17(24)18-13/h2-8H,9H2,1H3,(H,18,24)(H,20,21)/b13-7-. The number of benzene rings is 2. The Hall–Kier alpha value is -2.93. The van der Waals surface area contributed by atoms with Crippen LogP contribution in [-0.4, -0.2) is 40.6 Å². The second kappa shape index (κ2) is 6.29. The molecule has 0 aliphatic carbocycles. The number of carbonyl (C=O) groups is 2. The maximum atomic E-state index is 12.3. The molecule has 3 rings (SSSR count). The zero-order valence-corrected chi connectivity index (χ0v) is 13.6. The summed E-state index contributed by atoms with van der Waals surface area (Å²) in [6.07, 6.45) is 1.61. The van der Waals surface area contributed by atoms with Gasteiger partial charge in [-0.1, -0.05) is 24.3 Å². The van der Waals surface area contributed by atoms with Crippen molar-refractivity contribution in [3.05, 3.63) is 47.7 Å². The summed E-state index contributed by atoms with van der Waals surface area (Å²) in [6, 6.07) is 11.6. The Kier molecular flexibility index (Phi) is 4.18. The largest absolute Gasteiger partial charge is 0.496 e. The number of thiocarbonyl (C=S) groups is 1. The quantitative estimate of drug-likeness (QED) is 0.653. The van der Waals surface area contributed by atoms with Crippen molar-refractivity contribution in [1.29, 1.82) is 0 Å². The molecule has 1 fully saturated rings. The van der Waals surface area contributed by atoms with Gasteiger partial charge in [0.2, 0.25) is 0 Å². The van der Waals surface area contributed by atoms with Crippen LogP contribution in [0.2, 0.25) is 0 Å². The lowest BCUT2D eigenvalue weighted by atomic mass is 10.0. The van der Waals surface area contributed by atoms with Crippen LogP contribution in [0.5, 0.6) is 5.75 Å². The maximum Gasteiger partial charge on any atom is 0.323 e. The van der Waals surface area contributed by atoms with Crippen LogP contribution in [0.15, 0.2) is 42.1 Å². The maximum absolute atomic E-state index is 12.3. The number of amides is 1. The SMILES string of the molecule is COc1cc2ccccc2cc1/C=C1\NC(=S)N(CC(=O)O)C1=O. The Morgan fingerprint density at radius 2 is 2.00 bits per heavy atom. The van der Waals surface area contributed by atoms with Gasteiger partial charge in [0.25, 0.3) is 5.91 Å². The van der Waals surface area contributed by atoms with Gasteiger partial charge in [-0.05, 0) is 41.2 Å². The van der Waals surface area contributed by atoms with Gasteiger partial charge in [-0.15, -0.1) is 0 Å². The summed E-state index contributed by atoms with van der Waals surface area (Å²) in [5.41, 5.74) is 0.918. The van der Waals surface area contributed by atoms with E-state index in [-0.39, 0.29) is 10.8 Å². The monoisotopic (exact) mass is 342 g/mol. The van der Waals surface area contributed by atoms with Crippen LogP contribution >= 0.6 is 12.2 Å². The highest BCUT2D eigenvalue weighted by molar-refractivity contribution is 7.80. The van der Waals surface area contributed by atoms with E-state index in [1.165, 1.54) is 0 Å². The Labute approximate surface area is 143 Å². The van der Waals surface area contributed by atoms with Gasteiger partial charge >= 0.3 is 5.97 Å². The van der Waals surface area contributed by atoms with Gasteiger partial charge in [-0.25, -0.2) is 0 Å². The molecule has 0 saturated carbocycles. The van der Waals surface area contributed by atoms with Gasteiger partial charge in [0.1, 0.15) is 18.0 Å². The summed E-state index contributed by atoms with van der Waals surface area (Å²) < 4.78 is 5.39. The summed E-state index contributed by atoms with van der Waals surface area (Å²) >= 11 is 5.03. The van der Waals surface area contributed by atoms with Crippen molar-refractivity contribution in [2.75, 3.05) is 13.7 Å². The van der Waals surface area contributed by atoms with Crippen molar-refractivity contribution in [3.8, 4) is 5.75 Å². The third-order valence-corrected chi connectivity index (χ3v) is 3.98. The van der Waals surface area contributed by atoms with E-state index in [9.17, 15) is 9.59 Å². The number of carbonyl (C=O) groups excluding carboxylic acids is 1. The number of carboxylic acid groups (broad SMARTS) is 1. The zero-order chi connectivity index (χ0) is 17.3. The van der Waals surface area contributed by atoms with E-state index in [1.54, 1.807) is 13.2 Å². The number of nitrogens with one attached hydrogen (secondary N) is 1. The van der Waals surface area contributed by atoms with E-state index in [0.717, 1.165) is 15.7 Å². The average molecular weight is 342 g/mol. The highest BCUT2D eigenvalue weighted by Crippen LogP contribution is 2.28. The minimum Gasteiger partial charge on any atom is -0.496 e. The van der Waals surface area contributed by atoms with Crippen LogP contribution < -0.4 is 10.1 Å². The Bertz CT molecular complexity index is 891. The van der Waals surface area contributed by atoms with Crippen molar-refractivity contribution in [2.24, 2.45) is 0 Å². The van der Waals surface area contributed by atoms with Gasteiger partial charge in [-0.2, -0.15) is 0 Å². The van der Waals surface area contributed by atoms with Crippen molar-refractivity contribution < 1.29 is 19.4 Å². The lowest BCUT2D eigenvalue weighted by molar-refractivity contribution is -0.140. The molecule has 2 aromatic carbocycles. The van der Waals surface area contributed by atoms with Crippen LogP contribution in [-0.2, 0) is 9.59 Å². The fourth-order valence-corrected chi connectivity index (χ4v) is 2.79. The molecule has 0 unspecified atom stereocenters. The van der Waals surface area contributed by atoms with Gasteiger partial charge in [0.05, 0.1) is 7.11 Å². The molecule has 7 heteroatoms. The molecule has 1 amide bonds. The molecule has 6 nitrogen and oxygen atoms in total.